The molecule has 24 heavy (non-hydrogen) atoms. The van der Waals surface area contributed by atoms with Crippen molar-refractivity contribution in [1.29, 1.82) is 0 Å². The molecule has 0 spiro atoms. The monoisotopic (exact) mass is 345 g/mol. The third-order valence-corrected chi connectivity index (χ3v) is 3.09. The molecule has 0 bridgehead atoms. The summed E-state index contributed by atoms with van der Waals surface area (Å²) in [4.78, 5) is 36.5. The molecule has 11 heteroatoms. The van der Waals surface area contributed by atoms with Crippen LogP contribution in [0.15, 0.2) is 5.11 Å². The Balaban J connectivity index is 3.18. The molecule has 1 aliphatic heterocycles. The Bertz CT molecular complexity index is 533. The summed E-state index contributed by atoms with van der Waals surface area (Å²) in [6.07, 6.45) is -4.37. The fraction of sp³-hybridized carbons (Fsp3) is 0.769. The molecule has 1 rings (SSSR count). The Morgan fingerprint density at radius 2 is 1.67 bits per heavy atom. The Hall–Kier alpha value is -2.36. The zero-order chi connectivity index (χ0) is 18.3. The van der Waals surface area contributed by atoms with Crippen molar-refractivity contribution in [2.45, 2.75) is 51.4 Å². The van der Waals surface area contributed by atoms with Crippen LogP contribution in [0.3, 0.4) is 0 Å². The molecule has 5 atom stereocenters. The van der Waals surface area contributed by atoms with Crippen molar-refractivity contribution in [1.82, 2.24) is 0 Å². The maximum atomic E-state index is 11.4. The van der Waals surface area contributed by atoms with Gasteiger partial charge in [0, 0.05) is 32.8 Å². The summed E-state index contributed by atoms with van der Waals surface area (Å²) >= 11 is 0. The van der Waals surface area contributed by atoms with Gasteiger partial charge in [0.25, 0.3) is 0 Å². The molecular formula is C13H19N3O8. The first-order valence-electron chi connectivity index (χ1n) is 7.00. The molecule has 0 amide bonds. The van der Waals surface area contributed by atoms with Crippen LogP contribution in [-0.4, -0.2) is 62.3 Å². The zero-order valence-electron chi connectivity index (χ0n) is 13.7. The summed E-state index contributed by atoms with van der Waals surface area (Å²) in [5, 5.41) is 3.51. The highest BCUT2D eigenvalue weighted by molar-refractivity contribution is 5.68. The summed E-state index contributed by atoms with van der Waals surface area (Å²) in [7, 11) is 1.30. The van der Waals surface area contributed by atoms with E-state index in [1.165, 1.54) is 14.0 Å². The van der Waals surface area contributed by atoms with Crippen molar-refractivity contribution in [2.75, 3.05) is 13.7 Å². The van der Waals surface area contributed by atoms with Gasteiger partial charge in [0.15, 0.2) is 18.5 Å². The standard InChI is InChI=1S/C13H19N3O8/c1-6(17)21-5-9-11(22-7(2)18)12(23-8(3)19)10(15-16-14)13(20-4)24-9/h9-13H,5H2,1-4H3/t9-,10?,11+,12-,13-/m1/s1. The van der Waals surface area contributed by atoms with Gasteiger partial charge in [0.05, 0.1) is 0 Å². The van der Waals surface area contributed by atoms with Gasteiger partial charge in [-0.2, -0.15) is 0 Å². The molecule has 1 unspecified atom stereocenters. The van der Waals surface area contributed by atoms with Gasteiger partial charge in [-0.15, -0.1) is 0 Å². The van der Waals surface area contributed by atoms with E-state index in [-0.39, 0.29) is 6.61 Å². The fourth-order valence-electron chi connectivity index (χ4n) is 2.26. The van der Waals surface area contributed by atoms with Gasteiger partial charge in [-0.1, -0.05) is 5.11 Å². The summed E-state index contributed by atoms with van der Waals surface area (Å²) in [5.74, 6) is -1.93. The van der Waals surface area contributed by atoms with E-state index in [9.17, 15) is 14.4 Å². The highest BCUT2D eigenvalue weighted by Crippen LogP contribution is 2.29. The van der Waals surface area contributed by atoms with Crippen LogP contribution in [0.25, 0.3) is 10.4 Å². The van der Waals surface area contributed by atoms with Crippen LogP contribution < -0.4 is 0 Å². The van der Waals surface area contributed by atoms with E-state index in [4.69, 9.17) is 29.2 Å². The molecule has 134 valence electrons. The summed E-state index contributed by atoms with van der Waals surface area (Å²) in [6, 6.07) is -1.10. The number of rotatable bonds is 6. The number of ether oxygens (including phenoxy) is 5. The quantitative estimate of drug-likeness (QED) is 0.222. The average Bonchev–Trinajstić information content (AvgIpc) is 2.48. The second kappa shape index (κ2) is 9.06. The largest absolute Gasteiger partial charge is 0.463 e. The van der Waals surface area contributed by atoms with Crippen LogP contribution >= 0.6 is 0 Å². The van der Waals surface area contributed by atoms with Crippen LogP contribution in [0.2, 0.25) is 0 Å². The zero-order valence-corrected chi connectivity index (χ0v) is 13.7. The maximum absolute atomic E-state index is 11.4. The number of hydrogen-bond donors (Lipinski definition) is 0. The molecule has 1 saturated heterocycles. The molecule has 1 aliphatic rings. The first-order valence-corrected chi connectivity index (χ1v) is 7.00. The van der Waals surface area contributed by atoms with Crippen LogP contribution in [-0.2, 0) is 38.1 Å². The maximum Gasteiger partial charge on any atom is 0.303 e. The van der Waals surface area contributed by atoms with E-state index < -0.39 is 48.6 Å². The lowest BCUT2D eigenvalue weighted by atomic mass is 9.97. The first-order chi connectivity index (χ1) is 11.3. The smallest absolute Gasteiger partial charge is 0.303 e. The second-order valence-corrected chi connectivity index (χ2v) is 4.92. The molecular weight excluding hydrogens is 326 g/mol. The van der Waals surface area contributed by atoms with Gasteiger partial charge in [-0.25, -0.2) is 0 Å². The van der Waals surface area contributed by atoms with Gasteiger partial charge in [0.2, 0.25) is 0 Å². The van der Waals surface area contributed by atoms with Crippen molar-refractivity contribution in [2.24, 2.45) is 5.11 Å². The number of hydrogen-bond acceptors (Lipinski definition) is 9. The van der Waals surface area contributed by atoms with E-state index in [2.05, 4.69) is 10.0 Å². The Morgan fingerprint density at radius 3 is 2.12 bits per heavy atom. The number of carbonyl (C=O) groups excluding carboxylic acids is 3. The highest BCUT2D eigenvalue weighted by atomic mass is 16.7. The summed E-state index contributed by atoms with van der Waals surface area (Å²) in [5.41, 5.74) is 8.72. The normalized spacial score (nSPS) is 29.1. The SMILES string of the molecule is CO[C@@H]1O[C@H](COC(C)=O)[C@H](OC(C)=O)[C@H](OC(C)=O)C1N=[N+]=[N-]. The Morgan fingerprint density at radius 1 is 1.08 bits per heavy atom. The molecule has 0 saturated carbocycles. The summed E-state index contributed by atoms with van der Waals surface area (Å²) in [6.45, 7) is 3.23. The molecule has 11 nitrogen and oxygen atoms in total. The number of methoxy groups -OCH3 is 1. The molecule has 0 aromatic heterocycles. The third-order valence-electron chi connectivity index (χ3n) is 3.09. The molecule has 0 N–H and O–H groups in total. The Labute approximate surface area is 137 Å². The minimum Gasteiger partial charge on any atom is -0.463 e. The summed E-state index contributed by atoms with van der Waals surface area (Å²) < 4.78 is 25.8. The Kier molecular flexibility index (Phi) is 7.43. The van der Waals surface area contributed by atoms with Crippen molar-refractivity contribution in [3.05, 3.63) is 10.4 Å². The van der Waals surface area contributed by atoms with E-state index >= 15 is 0 Å². The molecule has 0 aromatic rings. The predicted molar refractivity (Wildman–Crippen MR) is 76.3 cm³/mol. The number of carbonyl (C=O) groups is 3. The number of esters is 3. The molecule has 0 aliphatic carbocycles. The predicted octanol–water partition coefficient (Wildman–Crippen LogP) is 0.463. The molecule has 1 fully saturated rings. The third kappa shape index (κ3) is 5.37. The fourth-order valence-corrected chi connectivity index (χ4v) is 2.26. The van der Waals surface area contributed by atoms with Gasteiger partial charge < -0.3 is 23.7 Å². The van der Waals surface area contributed by atoms with E-state index in [0.29, 0.717) is 0 Å². The molecule has 1 heterocycles. The van der Waals surface area contributed by atoms with Gasteiger partial charge in [-0.3, -0.25) is 14.4 Å². The minimum absolute atomic E-state index is 0.270. The van der Waals surface area contributed by atoms with Crippen molar-refractivity contribution in [3.63, 3.8) is 0 Å². The topological polar surface area (TPSA) is 146 Å². The van der Waals surface area contributed by atoms with Crippen LogP contribution in [0.1, 0.15) is 20.8 Å². The number of azide groups is 1. The van der Waals surface area contributed by atoms with Crippen molar-refractivity contribution in [3.8, 4) is 0 Å². The van der Waals surface area contributed by atoms with Gasteiger partial charge >= 0.3 is 17.9 Å². The lowest BCUT2D eigenvalue weighted by Gasteiger charge is -2.42. The van der Waals surface area contributed by atoms with Gasteiger partial charge in [-0.05, 0) is 5.53 Å². The average molecular weight is 345 g/mol. The van der Waals surface area contributed by atoms with E-state index in [1.54, 1.807) is 0 Å². The first kappa shape index (κ1) is 19.7. The molecule has 0 radical (unpaired) electrons. The van der Waals surface area contributed by atoms with Gasteiger partial charge in [0.1, 0.15) is 18.8 Å². The minimum atomic E-state index is -1.17. The molecule has 0 aromatic carbocycles. The van der Waals surface area contributed by atoms with Crippen LogP contribution in [0, 0.1) is 0 Å². The van der Waals surface area contributed by atoms with Crippen LogP contribution in [0.4, 0.5) is 0 Å². The number of nitrogens with zero attached hydrogens (tertiary/aromatic N) is 3. The van der Waals surface area contributed by atoms with Crippen molar-refractivity contribution >= 4 is 17.9 Å². The second-order valence-electron chi connectivity index (χ2n) is 4.92. The highest BCUT2D eigenvalue weighted by Gasteiger charge is 2.50. The van der Waals surface area contributed by atoms with Crippen molar-refractivity contribution < 1.29 is 38.1 Å². The van der Waals surface area contributed by atoms with Crippen LogP contribution in [0.5, 0.6) is 0 Å². The van der Waals surface area contributed by atoms with E-state index in [1.807, 2.05) is 0 Å². The lowest BCUT2D eigenvalue weighted by Crippen LogP contribution is -2.61. The lowest BCUT2D eigenvalue weighted by molar-refractivity contribution is -0.267. The van der Waals surface area contributed by atoms with E-state index in [0.717, 1.165) is 13.8 Å².